The fourth-order valence-corrected chi connectivity index (χ4v) is 1.98. The Labute approximate surface area is 106 Å². The highest BCUT2D eigenvalue weighted by Gasteiger charge is 2.05. The van der Waals surface area contributed by atoms with Crippen molar-refractivity contribution in [2.75, 3.05) is 18.4 Å². The van der Waals surface area contributed by atoms with Crippen molar-refractivity contribution >= 4 is 33.9 Å². The molecule has 90 valence electrons. The molecule has 0 saturated carbocycles. The van der Waals surface area contributed by atoms with Crippen molar-refractivity contribution in [2.24, 2.45) is 5.73 Å². The van der Waals surface area contributed by atoms with Crippen molar-refractivity contribution < 1.29 is 0 Å². The van der Waals surface area contributed by atoms with Crippen LogP contribution in [-0.4, -0.2) is 23.2 Å². The molecule has 2 rings (SSSR count). The average molecular weight is 248 g/mol. The zero-order valence-corrected chi connectivity index (χ0v) is 10.5. The highest BCUT2D eigenvalue weighted by atomic mass is 32.1. The second kappa shape index (κ2) is 5.16. The lowest BCUT2D eigenvalue weighted by atomic mass is 10.1. The van der Waals surface area contributed by atoms with Gasteiger partial charge in [-0.1, -0.05) is 6.07 Å². The maximum atomic E-state index is 5.41. The Kier molecular flexibility index (Phi) is 3.61. The SMILES string of the molecule is Cc1c(NC(=S)NCCN)ccc2cc[nH]c12. The van der Waals surface area contributed by atoms with Crippen molar-refractivity contribution in [2.45, 2.75) is 6.92 Å². The summed E-state index contributed by atoms with van der Waals surface area (Å²) in [6, 6.07) is 6.14. The van der Waals surface area contributed by atoms with Crippen LogP contribution in [0.1, 0.15) is 5.56 Å². The number of thiocarbonyl (C=S) groups is 1. The number of nitrogens with two attached hydrogens (primary N) is 1. The van der Waals surface area contributed by atoms with Gasteiger partial charge in [0.25, 0.3) is 0 Å². The summed E-state index contributed by atoms with van der Waals surface area (Å²) in [7, 11) is 0. The van der Waals surface area contributed by atoms with Crippen LogP contribution in [0.15, 0.2) is 24.4 Å². The zero-order chi connectivity index (χ0) is 12.3. The van der Waals surface area contributed by atoms with E-state index in [4.69, 9.17) is 18.0 Å². The van der Waals surface area contributed by atoms with Gasteiger partial charge in [-0.3, -0.25) is 0 Å². The Hall–Kier alpha value is -1.59. The number of rotatable bonds is 3. The molecule has 0 bridgehead atoms. The molecular weight excluding hydrogens is 232 g/mol. The fourth-order valence-electron chi connectivity index (χ4n) is 1.77. The molecule has 0 unspecified atom stereocenters. The van der Waals surface area contributed by atoms with Gasteiger partial charge in [0.1, 0.15) is 0 Å². The van der Waals surface area contributed by atoms with Gasteiger partial charge in [0.2, 0.25) is 0 Å². The molecule has 0 amide bonds. The van der Waals surface area contributed by atoms with Crippen LogP contribution in [0.3, 0.4) is 0 Å². The van der Waals surface area contributed by atoms with Gasteiger partial charge in [0.15, 0.2) is 5.11 Å². The molecular formula is C12H16N4S. The van der Waals surface area contributed by atoms with Gasteiger partial charge in [-0.05, 0) is 42.2 Å². The Bertz CT molecular complexity index is 532. The molecule has 5 heteroatoms. The van der Waals surface area contributed by atoms with Gasteiger partial charge in [-0.25, -0.2) is 0 Å². The highest BCUT2D eigenvalue weighted by molar-refractivity contribution is 7.80. The normalized spacial score (nSPS) is 10.5. The maximum absolute atomic E-state index is 5.41. The van der Waals surface area contributed by atoms with Crippen LogP contribution in [0.4, 0.5) is 5.69 Å². The summed E-state index contributed by atoms with van der Waals surface area (Å²) in [5, 5.41) is 8.01. The molecule has 0 aliphatic heterocycles. The largest absolute Gasteiger partial charge is 0.361 e. The number of anilines is 1. The smallest absolute Gasteiger partial charge is 0.170 e. The first-order valence-corrected chi connectivity index (χ1v) is 5.95. The molecule has 0 aliphatic carbocycles. The standard InChI is InChI=1S/C12H16N4S/c1-8-10(16-12(17)15-7-5-13)3-2-9-4-6-14-11(8)9/h2-4,6,14H,5,7,13H2,1H3,(H2,15,16,17). The van der Waals surface area contributed by atoms with Crippen LogP contribution >= 0.6 is 12.2 Å². The number of hydrogen-bond donors (Lipinski definition) is 4. The second-order valence-electron chi connectivity index (χ2n) is 3.85. The Morgan fingerprint density at radius 3 is 3.00 bits per heavy atom. The van der Waals surface area contributed by atoms with E-state index in [1.54, 1.807) is 0 Å². The first kappa shape index (κ1) is 11.9. The lowest BCUT2D eigenvalue weighted by Gasteiger charge is -2.12. The monoisotopic (exact) mass is 248 g/mol. The Balaban J connectivity index is 2.18. The fraction of sp³-hybridized carbons (Fsp3) is 0.250. The molecule has 0 atom stereocenters. The van der Waals surface area contributed by atoms with E-state index in [9.17, 15) is 0 Å². The van der Waals surface area contributed by atoms with Crippen LogP contribution in [0.25, 0.3) is 10.9 Å². The molecule has 1 heterocycles. The third kappa shape index (κ3) is 2.57. The minimum absolute atomic E-state index is 0.566. The van der Waals surface area contributed by atoms with Crippen LogP contribution in [0.2, 0.25) is 0 Å². The van der Waals surface area contributed by atoms with Crippen LogP contribution in [-0.2, 0) is 0 Å². The lowest BCUT2D eigenvalue weighted by molar-refractivity contribution is 0.883. The van der Waals surface area contributed by atoms with Crippen molar-refractivity contribution in [3.05, 3.63) is 30.0 Å². The molecule has 5 N–H and O–H groups in total. The van der Waals surface area contributed by atoms with Crippen molar-refractivity contribution in [3.63, 3.8) is 0 Å². The minimum Gasteiger partial charge on any atom is -0.361 e. The Morgan fingerprint density at radius 1 is 1.41 bits per heavy atom. The van der Waals surface area contributed by atoms with Crippen LogP contribution < -0.4 is 16.4 Å². The van der Waals surface area contributed by atoms with Gasteiger partial charge in [-0.2, -0.15) is 0 Å². The zero-order valence-electron chi connectivity index (χ0n) is 9.71. The summed E-state index contributed by atoms with van der Waals surface area (Å²) in [6.07, 6.45) is 1.94. The Morgan fingerprint density at radius 2 is 2.24 bits per heavy atom. The number of hydrogen-bond acceptors (Lipinski definition) is 2. The third-order valence-corrected chi connectivity index (χ3v) is 2.91. The first-order chi connectivity index (χ1) is 8.22. The number of benzene rings is 1. The van der Waals surface area contributed by atoms with E-state index in [-0.39, 0.29) is 0 Å². The van der Waals surface area contributed by atoms with Gasteiger partial charge in [0.05, 0.1) is 5.52 Å². The molecule has 2 aromatic rings. The van der Waals surface area contributed by atoms with Gasteiger partial charge in [-0.15, -0.1) is 0 Å². The predicted octanol–water partition coefficient (Wildman–Crippen LogP) is 1.72. The maximum Gasteiger partial charge on any atom is 0.170 e. The van der Waals surface area contributed by atoms with E-state index in [1.807, 2.05) is 12.3 Å². The van der Waals surface area contributed by atoms with E-state index in [0.717, 1.165) is 16.8 Å². The predicted molar refractivity (Wildman–Crippen MR) is 76.3 cm³/mol. The number of H-pyrrole nitrogens is 1. The summed E-state index contributed by atoms with van der Waals surface area (Å²) in [4.78, 5) is 3.22. The molecule has 4 nitrogen and oxygen atoms in total. The number of fused-ring (bicyclic) bond motifs is 1. The quantitative estimate of drug-likeness (QED) is 0.625. The van der Waals surface area contributed by atoms with Gasteiger partial charge >= 0.3 is 0 Å². The van der Waals surface area contributed by atoms with Crippen LogP contribution in [0.5, 0.6) is 0 Å². The molecule has 0 fully saturated rings. The molecule has 0 aliphatic rings. The molecule has 0 spiro atoms. The lowest BCUT2D eigenvalue weighted by Crippen LogP contribution is -2.32. The average Bonchev–Trinajstić information content (AvgIpc) is 2.79. The van der Waals surface area contributed by atoms with E-state index in [0.29, 0.717) is 18.2 Å². The van der Waals surface area contributed by atoms with Crippen molar-refractivity contribution in [3.8, 4) is 0 Å². The van der Waals surface area contributed by atoms with Crippen molar-refractivity contribution in [1.29, 1.82) is 0 Å². The number of aromatic amines is 1. The number of aromatic nitrogens is 1. The minimum atomic E-state index is 0.566. The van der Waals surface area contributed by atoms with E-state index >= 15 is 0 Å². The summed E-state index contributed by atoms with van der Waals surface area (Å²) in [5.74, 6) is 0. The topological polar surface area (TPSA) is 65.9 Å². The third-order valence-electron chi connectivity index (χ3n) is 2.67. The number of aryl methyl sites for hydroxylation is 1. The van der Waals surface area contributed by atoms with Crippen LogP contribution in [0, 0.1) is 6.92 Å². The molecule has 0 radical (unpaired) electrons. The summed E-state index contributed by atoms with van der Waals surface area (Å²) >= 11 is 5.18. The molecule has 17 heavy (non-hydrogen) atoms. The molecule has 1 aromatic heterocycles. The highest BCUT2D eigenvalue weighted by Crippen LogP contribution is 2.23. The summed E-state index contributed by atoms with van der Waals surface area (Å²) in [6.45, 7) is 3.30. The van der Waals surface area contributed by atoms with E-state index in [2.05, 4.69) is 34.7 Å². The van der Waals surface area contributed by atoms with Gasteiger partial charge < -0.3 is 21.4 Å². The van der Waals surface area contributed by atoms with Gasteiger partial charge in [0, 0.05) is 25.0 Å². The molecule has 0 saturated heterocycles. The van der Waals surface area contributed by atoms with E-state index in [1.165, 1.54) is 5.39 Å². The number of nitrogens with one attached hydrogen (secondary N) is 3. The summed E-state index contributed by atoms with van der Waals surface area (Å²) in [5.41, 5.74) is 8.71. The first-order valence-electron chi connectivity index (χ1n) is 5.54. The van der Waals surface area contributed by atoms with E-state index < -0.39 is 0 Å². The summed E-state index contributed by atoms with van der Waals surface area (Å²) < 4.78 is 0. The van der Waals surface area contributed by atoms with Crippen molar-refractivity contribution in [1.82, 2.24) is 10.3 Å². The second-order valence-corrected chi connectivity index (χ2v) is 4.26. The molecule has 1 aromatic carbocycles.